The lowest BCUT2D eigenvalue weighted by atomic mass is 9.98. The Morgan fingerprint density at radius 1 is 1.18 bits per heavy atom. The van der Waals surface area contributed by atoms with Crippen molar-refractivity contribution in [2.24, 2.45) is 5.92 Å². The van der Waals surface area contributed by atoms with Crippen LogP contribution in [0.1, 0.15) is 31.7 Å². The number of nitriles is 1. The molecule has 0 aromatic heterocycles. The van der Waals surface area contributed by atoms with Crippen molar-refractivity contribution in [1.82, 2.24) is 4.31 Å². The zero-order valence-corrected chi connectivity index (χ0v) is 18.8. The molecular formula is C23H24FN3O5S. The Bertz CT molecular complexity index is 1150. The lowest BCUT2D eigenvalue weighted by Crippen LogP contribution is -2.42. The fourth-order valence-electron chi connectivity index (χ4n) is 3.57. The molecule has 0 unspecified atom stereocenters. The van der Waals surface area contributed by atoms with Crippen LogP contribution in [-0.4, -0.2) is 43.8 Å². The highest BCUT2D eigenvalue weighted by Crippen LogP contribution is 2.26. The monoisotopic (exact) mass is 473 g/mol. The number of hydrogen-bond acceptors (Lipinski definition) is 6. The van der Waals surface area contributed by atoms with Crippen LogP contribution in [0.5, 0.6) is 0 Å². The number of rotatable bonds is 7. The topological polar surface area (TPSA) is 117 Å². The summed E-state index contributed by atoms with van der Waals surface area (Å²) in [7, 11) is -3.86. The number of ether oxygens (including phenoxy) is 1. The van der Waals surface area contributed by atoms with E-state index in [9.17, 15) is 27.7 Å². The average molecular weight is 474 g/mol. The van der Waals surface area contributed by atoms with Gasteiger partial charge in [-0.1, -0.05) is 19.1 Å². The number of nitrogens with zero attached hydrogens (tertiary/aromatic N) is 2. The maximum atomic E-state index is 13.0. The summed E-state index contributed by atoms with van der Waals surface area (Å²) in [6, 6.07) is 13.1. The lowest BCUT2D eigenvalue weighted by Gasteiger charge is -2.31. The molecule has 1 saturated heterocycles. The van der Waals surface area contributed by atoms with E-state index < -0.39 is 39.7 Å². The highest BCUT2D eigenvalue weighted by molar-refractivity contribution is 7.89. The third kappa shape index (κ3) is 5.74. The van der Waals surface area contributed by atoms with Crippen LogP contribution in [0.3, 0.4) is 0 Å². The molecule has 2 aromatic rings. The van der Waals surface area contributed by atoms with Gasteiger partial charge in [0.1, 0.15) is 11.9 Å². The van der Waals surface area contributed by atoms with Crippen LogP contribution in [-0.2, 0) is 24.3 Å². The summed E-state index contributed by atoms with van der Waals surface area (Å²) in [5.41, 5.74) is 0.448. The third-order valence-electron chi connectivity index (χ3n) is 5.45. The number of halogens is 1. The second-order valence-electron chi connectivity index (χ2n) is 7.62. The normalized spacial score (nSPS) is 15.9. The third-order valence-corrected chi connectivity index (χ3v) is 7.40. The molecule has 1 heterocycles. The molecule has 1 amide bonds. The van der Waals surface area contributed by atoms with E-state index in [0.29, 0.717) is 5.69 Å². The molecule has 10 heteroatoms. The van der Waals surface area contributed by atoms with Gasteiger partial charge in [0.05, 0.1) is 16.4 Å². The van der Waals surface area contributed by atoms with Crippen molar-refractivity contribution in [3.05, 3.63) is 59.9 Å². The predicted molar refractivity (Wildman–Crippen MR) is 118 cm³/mol. The van der Waals surface area contributed by atoms with E-state index in [-0.39, 0.29) is 42.8 Å². The van der Waals surface area contributed by atoms with E-state index >= 15 is 0 Å². The first-order valence-corrected chi connectivity index (χ1v) is 12.0. The maximum absolute atomic E-state index is 13.0. The fourth-order valence-corrected chi connectivity index (χ4v) is 5.18. The van der Waals surface area contributed by atoms with Gasteiger partial charge in [-0.25, -0.2) is 12.8 Å². The van der Waals surface area contributed by atoms with Gasteiger partial charge in [0.15, 0.2) is 6.10 Å². The number of anilines is 1. The molecule has 1 fully saturated rings. The van der Waals surface area contributed by atoms with E-state index in [1.807, 2.05) is 6.07 Å². The van der Waals surface area contributed by atoms with Crippen LogP contribution in [0.15, 0.2) is 53.4 Å². The van der Waals surface area contributed by atoms with Gasteiger partial charge in [0, 0.05) is 18.8 Å². The smallest absolute Gasteiger partial charge is 0.309 e. The van der Waals surface area contributed by atoms with Gasteiger partial charge >= 0.3 is 5.97 Å². The van der Waals surface area contributed by atoms with E-state index in [4.69, 9.17) is 4.74 Å². The number of esters is 1. The molecule has 0 radical (unpaired) electrons. The van der Waals surface area contributed by atoms with Gasteiger partial charge < -0.3 is 10.1 Å². The molecule has 3 rings (SSSR count). The minimum absolute atomic E-state index is 0.0583. The summed E-state index contributed by atoms with van der Waals surface area (Å²) in [5, 5.41) is 11.8. The standard InChI is InChI=1S/C23H24FN3O5S/c1-2-20(22(28)26-19-9-7-18(24)8-10-19)32-23(29)16-11-13-27(14-12-16)33(30,31)21-6-4-3-5-17(21)15-25/h3-10,16,20H,2,11-14H2,1H3,(H,26,28)/t20-/m1/s1. The highest BCUT2D eigenvalue weighted by Gasteiger charge is 2.35. The van der Waals surface area contributed by atoms with Crippen molar-refractivity contribution in [3.63, 3.8) is 0 Å². The van der Waals surface area contributed by atoms with E-state index in [1.54, 1.807) is 19.1 Å². The fraction of sp³-hybridized carbons (Fsp3) is 0.348. The van der Waals surface area contributed by atoms with Crippen LogP contribution in [0.25, 0.3) is 0 Å². The van der Waals surface area contributed by atoms with Gasteiger partial charge in [-0.05, 0) is 55.7 Å². The Balaban J connectivity index is 1.58. The molecule has 0 saturated carbocycles. The molecule has 8 nitrogen and oxygen atoms in total. The number of nitrogens with one attached hydrogen (secondary N) is 1. The molecule has 1 atom stereocenters. The molecule has 1 N–H and O–H groups in total. The number of benzene rings is 2. The number of carbonyl (C=O) groups is 2. The molecule has 1 aliphatic rings. The van der Waals surface area contributed by atoms with Gasteiger partial charge in [-0.15, -0.1) is 0 Å². The van der Waals surface area contributed by atoms with Gasteiger partial charge in [0.2, 0.25) is 10.0 Å². The summed E-state index contributed by atoms with van der Waals surface area (Å²) in [4.78, 5) is 25.0. The lowest BCUT2D eigenvalue weighted by molar-refractivity contribution is -0.159. The summed E-state index contributed by atoms with van der Waals surface area (Å²) in [5.74, 6) is -2.07. The predicted octanol–water partition coefficient (Wildman–Crippen LogP) is 3.06. The Labute approximate surface area is 192 Å². The van der Waals surface area contributed by atoms with Crippen LogP contribution in [0, 0.1) is 23.1 Å². The number of carbonyl (C=O) groups excluding carboxylic acids is 2. The summed E-state index contributed by atoms with van der Waals surface area (Å²) >= 11 is 0. The minimum atomic E-state index is -3.86. The Hall–Kier alpha value is -3.29. The van der Waals surface area contributed by atoms with Gasteiger partial charge in [-0.3, -0.25) is 9.59 Å². The van der Waals surface area contributed by atoms with E-state index in [2.05, 4.69) is 5.32 Å². The second kappa shape index (κ2) is 10.6. The van der Waals surface area contributed by atoms with E-state index in [1.165, 1.54) is 40.7 Å². The SMILES string of the molecule is CC[C@@H](OC(=O)C1CCN(S(=O)(=O)c2ccccc2C#N)CC1)C(=O)Nc1ccc(F)cc1. The van der Waals surface area contributed by atoms with Crippen LogP contribution >= 0.6 is 0 Å². The van der Waals surface area contributed by atoms with Gasteiger partial charge in [0.25, 0.3) is 5.91 Å². The van der Waals surface area contributed by atoms with Crippen molar-refractivity contribution in [2.75, 3.05) is 18.4 Å². The molecule has 0 bridgehead atoms. The first-order chi connectivity index (χ1) is 15.8. The molecule has 0 aliphatic carbocycles. The summed E-state index contributed by atoms with van der Waals surface area (Å²) < 4.78 is 45.6. The molecule has 33 heavy (non-hydrogen) atoms. The van der Waals surface area contributed by atoms with Crippen molar-refractivity contribution >= 4 is 27.6 Å². The van der Waals surface area contributed by atoms with Crippen molar-refractivity contribution in [1.29, 1.82) is 5.26 Å². The second-order valence-corrected chi connectivity index (χ2v) is 9.52. The highest BCUT2D eigenvalue weighted by atomic mass is 32.2. The van der Waals surface area contributed by atoms with Crippen molar-refractivity contribution in [3.8, 4) is 6.07 Å². The van der Waals surface area contributed by atoms with Gasteiger partial charge in [-0.2, -0.15) is 9.57 Å². The summed E-state index contributed by atoms with van der Waals surface area (Å²) in [6.07, 6.45) is -0.297. The molecule has 174 valence electrons. The maximum Gasteiger partial charge on any atom is 0.309 e. The zero-order valence-electron chi connectivity index (χ0n) is 18.0. The van der Waals surface area contributed by atoms with Crippen LogP contribution in [0.2, 0.25) is 0 Å². The first kappa shape index (κ1) is 24.4. The number of piperidine rings is 1. The number of hydrogen-bond donors (Lipinski definition) is 1. The Kier molecular flexibility index (Phi) is 7.79. The molecule has 2 aromatic carbocycles. The van der Waals surface area contributed by atoms with Crippen molar-refractivity contribution < 1.29 is 27.1 Å². The minimum Gasteiger partial charge on any atom is -0.452 e. The quantitative estimate of drug-likeness (QED) is 0.618. The largest absolute Gasteiger partial charge is 0.452 e. The average Bonchev–Trinajstić information content (AvgIpc) is 2.83. The molecule has 1 aliphatic heterocycles. The van der Waals surface area contributed by atoms with E-state index in [0.717, 1.165) is 0 Å². The van der Waals surface area contributed by atoms with Crippen molar-refractivity contribution in [2.45, 2.75) is 37.2 Å². The number of sulfonamides is 1. The Morgan fingerprint density at radius 3 is 2.42 bits per heavy atom. The first-order valence-electron chi connectivity index (χ1n) is 10.5. The summed E-state index contributed by atoms with van der Waals surface area (Å²) in [6.45, 7) is 1.89. The van der Waals surface area contributed by atoms with Crippen LogP contribution in [0.4, 0.5) is 10.1 Å². The number of amides is 1. The zero-order chi connectivity index (χ0) is 24.0. The molecule has 0 spiro atoms. The van der Waals surface area contributed by atoms with Crippen LogP contribution < -0.4 is 5.32 Å². The Morgan fingerprint density at radius 2 is 1.82 bits per heavy atom. The molecular weight excluding hydrogens is 449 g/mol.